The lowest BCUT2D eigenvalue weighted by molar-refractivity contribution is -0.150. The number of hydrogen-bond donors (Lipinski definition) is 1. The molecule has 0 atom stereocenters. The number of carboxylic acid groups (broad SMARTS) is 1. The van der Waals surface area contributed by atoms with Gasteiger partial charge in [-0.05, 0) is 57.7 Å². The zero-order chi connectivity index (χ0) is 22.0. The highest BCUT2D eigenvalue weighted by molar-refractivity contribution is 5.85. The SMILES string of the molecule is Cc1cc(CN2CC3(CC(N4CCC(C)(C(=O)O)CC4)=NO3)C2)cc2c1CC(C)(C)O2. The van der Waals surface area contributed by atoms with Gasteiger partial charge in [-0.1, -0.05) is 11.2 Å². The van der Waals surface area contributed by atoms with E-state index in [1.54, 1.807) is 0 Å². The molecule has 0 aromatic heterocycles. The van der Waals surface area contributed by atoms with Crippen LogP contribution in [0.3, 0.4) is 0 Å². The Labute approximate surface area is 184 Å². The number of rotatable bonds is 3. The van der Waals surface area contributed by atoms with Gasteiger partial charge >= 0.3 is 5.97 Å². The van der Waals surface area contributed by atoms with Crippen molar-refractivity contribution in [2.24, 2.45) is 10.6 Å². The number of benzene rings is 1. The van der Waals surface area contributed by atoms with Gasteiger partial charge in [-0.15, -0.1) is 0 Å². The van der Waals surface area contributed by atoms with Crippen molar-refractivity contribution in [3.63, 3.8) is 0 Å². The van der Waals surface area contributed by atoms with Crippen molar-refractivity contribution in [2.45, 2.75) is 71.1 Å². The molecule has 0 aliphatic carbocycles. The largest absolute Gasteiger partial charge is 0.487 e. The molecular weight excluding hydrogens is 394 g/mol. The van der Waals surface area contributed by atoms with Crippen LogP contribution in [0.1, 0.15) is 56.7 Å². The van der Waals surface area contributed by atoms with Crippen LogP contribution in [0.15, 0.2) is 17.3 Å². The zero-order valence-corrected chi connectivity index (χ0v) is 19.0. The molecule has 0 unspecified atom stereocenters. The van der Waals surface area contributed by atoms with E-state index < -0.39 is 11.4 Å². The smallest absolute Gasteiger partial charge is 0.309 e. The summed E-state index contributed by atoms with van der Waals surface area (Å²) < 4.78 is 6.15. The number of piperidine rings is 1. The Hall–Kier alpha value is -2.28. The summed E-state index contributed by atoms with van der Waals surface area (Å²) in [5.41, 5.74) is 2.99. The van der Waals surface area contributed by atoms with Crippen molar-refractivity contribution in [1.82, 2.24) is 9.80 Å². The Morgan fingerprint density at radius 3 is 2.55 bits per heavy atom. The van der Waals surface area contributed by atoms with Crippen LogP contribution in [0.5, 0.6) is 5.75 Å². The topological polar surface area (TPSA) is 74.6 Å². The number of ether oxygens (including phenoxy) is 1. The first-order valence-corrected chi connectivity index (χ1v) is 11.3. The number of likely N-dealkylation sites (tertiary alicyclic amines) is 2. The highest BCUT2D eigenvalue weighted by Crippen LogP contribution is 2.40. The Kier molecular flexibility index (Phi) is 4.56. The van der Waals surface area contributed by atoms with Gasteiger partial charge in [0.05, 0.1) is 11.8 Å². The van der Waals surface area contributed by atoms with Gasteiger partial charge in [0.25, 0.3) is 0 Å². The number of aryl methyl sites for hydroxylation is 1. The van der Waals surface area contributed by atoms with Crippen molar-refractivity contribution in [3.05, 3.63) is 28.8 Å². The van der Waals surface area contributed by atoms with E-state index in [-0.39, 0.29) is 11.2 Å². The first kappa shape index (κ1) is 20.6. The number of amidine groups is 1. The molecule has 0 amide bonds. The van der Waals surface area contributed by atoms with E-state index in [0.29, 0.717) is 12.8 Å². The second-order valence-corrected chi connectivity index (χ2v) is 10.9. The summed E-state index contributed by atoms with van der Waals surface area (Å²) in [5, 5.41) is 13.8. The lowest BCUT2D eigenvalue weighted by Gasteiger charge is -2.45. The number of carboxylic acids is 1. The number of oxime groups is 1. The second kappa shape index (κ2) is 6.86. The normalized spacial score (nSPS) is 25.4. The third kappa shape index (κ3) is 3.67. The van der Waals surface area contributed by atoms with E-state index in [4.69, 9.17) is 9.57 Å². The summed E-state index contributed by atoms with van der Waals surface area (Å²) in [6, 6.07) is 4.49. The molecule has 5 rings (SSSR count). The predicted molar refractivity (Wildman–Crippen MR) is 117 cm³/mol. The lowest BCUT2D eigenvalue weighted by Crippen LogP contribution is -2.61. The number of aliphatic carboxylic acids is 1. The molecule has 0 saturated carbocycles. The van der Waals surface area contributed by atoms with Crippen molar-refractivity contribution >= 4 is 11.8 Å². The average Bonchev–Trinajstić information content (AvgIpc) is 3.23. The molecule has 4 aliphatic rings. The van der Waals surface area contributed by atoms with Crippen LogP contribution in [0, 0.1) is 12.3 Å². The Morgan fingerprint density at radius 1 is 1.16 bits per heavy atom. The Morgan fingerprint density at radius 2 is 1.87 bits per heavy atom. The van der Waals surface area contributed by atoms with Gasteiger partial charge in [0.1, 0.15) is 17.2 Å². The van der Waals surface area contributed by atoms with E-state index in [0.717, 1.165) is 57.2 Å². The van der Waals surface area contributed by atoms with Crippen LogP contribution in [-0.2, 0) is 22.6 Å². The zero-order valence-electron chi connectivity index (χ0n) is 19.0. The summed E-state index contributed by atoms with van der Waals surface area (Å²) >= 11 is 0. The maximum absolute atomic E-state index is 11.5. The number of carbonyl (C=O) groups is 1. The molecule has 1 aromatic carbocycles. The number of hydrogen-bond acceptors (Lipinski definition) is 6. The van der Waals surface area contributed by atoms with E-state index >= 15 is 0 Å². The molecule has 168 valence electrons. The van der Waals surface area contributed by atoms with Gasteiger partial charge < -0.3 is 19.6 Å². The fraction of sp³-hybridized carbons (Fsp3) is 0.667. The molecule has 31 heavy (non-hydrogen) atoms. The van der Waals surface area contributed by atoms with E-state index in [9.17, 15) is 9.90 Å². The lowest BCUT2D eigenvalue weighted by atomic mass is 9.80. The first-order valence-electron chi connectivity index (χ1n) is 11.3. The molecule has 1 spiro atoms. The summed E-state index contributed by atoms with van der Waals surface area (Å²) in [4.78, 5) is 22.0. The summed E-state index contributed by atoms with van der Waals surface area (Å²) in [5.74, 6) is 1.33. The number of fused-ring (bicyclic) bond motifs is 1. The van der Waals surface area contributed by atoms with E-state index in [1.807, 2.05) is 6.92 Å². The number of nitrogens with zero attached hydrogens (tertiary/aromatic N) is 3. The molecule has 2 fully saturated rings. The summed E-state index contributed by atoms with van der Waals surface area (Å²) in [6.45, 7) is 12.4. The Bertz CT molecular complexity index is 940. The minimum Gasteiger partial charge on any atom is -0.487 e. The van der Waals surface area contributed by atoms with Gasteiger partial charge in [-0.2, -0.15) is 0 Å². The van der Waals surface area contributed by atoms with Crippen LogP contribution in [0.25, 0.3) is 0 Å². The summed E-state index contributed by atoms with van der Waals surface area (Å²) in [6.07, 6.45) is 3.08. The fourth-order valence-electron chi connectivity index (χ4n) is 5.48. The van der Waals surface area contributed by atoms with Gasteiger partial charge in [0.2, 0.25) is 0 Å². The molecule has 1 aromatic rings. The van der Waals surface area contributed by atoms with Crippen molar-refractivity contribution < 1.29 is 19.5 Å². The van der Waals surface area contributed by atoms with Gasteiger partial charge in [-0.25, -0.2) is 0 Å². The third-order valence-corrected chi connectivity index (χ3v) is 7.48. The van der Waals surface area contributed by atoms with Crippen LogP contribution in [0.2, 0.25) is 0 Å². The summed E-state index contributed by atoms with van der Waals surface area (Å²) in [7, 11) is 0. The molecular formula is C24H33N3O4. The quantitative estimate of drug-likeness (QED) is 0.799. The van der Waals surface area contributed by atoms with Crippen molar-refractivity contribution in [1.29, 1.82) is 0 Å². The van der Waals surface area contributed by atoms with Gasteiger partial charge in [-0.3, -0.25) is 9.69 Å². The monoisotopic (exact) mass is 427 g/mol. The molecule has 0 bridgehead atoms. The van der Waals surface area contributed by atoms with E-state index in [2.05, 4.69) is 47.9 Å². The van der Waals surface area contributed by atoms with Gasteiger partial charge in [0.15, 0.2) is 5.60 Å². The second-order valence-electron chi connectivity index (χ2n) is 10.9. The maximum atomic E-state index is 11.5. The third-order valence-electron chi connectivity index (χ3n) is 7.48. The van der Waals surface area contributed by atoms with E-state index in [1.165, 1.54) is 16.7 Å². The molecule has 1 N–H and O–H groups in total. The molecule has 2 saturated heterocycles. The highest BCUT2D eigenvalue weighted by Gasteiger charge is 2.51. The van der Waals surface area contributed by atoms with Crippen LogP contribution < -0.4 is 4.74 Å². The minimum absolute atomic E-state index is 0.117. The average molecular weight is 428 g/mol. The molecule has 7 nitrogen and oxygen atoms in total. The predicted octanol–water partition coefficient (Wildman–Crippen LogP) is 3.18. The maximum Gasteiger partial charge on any atom is 0.309 e. The van der Waals surface area contributed by atoms with Crippen molar-refractivity contribution in [3.8, 4) is 5.75 Å². The molecule has 0 radical (unpaired) electrons. The highest BCUT2D eigenvalue weighted by atomic mass is 16.7. The Balaban J connectivity index is 1.15. The molecule has 7 heteroatoms. The van der Waals surface area contributed by atoms with Crippen LogP contribution in [0.4, 0.5) is 0 Å². The standard InChI is InChI=1S/C24H33N3O4/c1-16-9-17(10-19-18(16)11-22(2,3)30-19)13-26-14-24(15-26)12-20(25-31-24)27-7-5-23(4,6-8-27)21(28)29/h9-10H,5-8,11-15H2,1-4H3,(H,28,29). The van der Waals surface area contributed by atoms with Gasteiger partial charge in [0, 0.05) is 44.7 Å². The molecule has 4 aliphatic heterocycles. The molecule has 4 heterocycles. The fourth-order valence-corrected chi connectivity index (χ4v) is 5.48. The van der Waals surface area contributed by atoms with Crippen LogP contribution in [-0.4, -0.2) is 64.1 Å². The minimum atomic E-state index is -0.696. The van der Waals surface area contributed by atoms with Crippen molar-refractivity contribution in [2.75, 3.05) is 26.2 Å². The van der Waals surface area contributed by atoms with Crippen LogP contribution >= 0.6 is 0 Å². The first-order chi connectivity index (χ1) is 14.6.